The van der Waals surface area contributed by atoms with Crippen LogP contribution in [0.25, 0.3) is 0 Å². The lowest BCUT2D eigenvalue weighted by Crippen LogP contribution is -2.52. The summed E-state index contributed by atoms with van der Waals surface area (Å²) in [4.78, 5) is 27.4. The molecule has 0 unspecified atom stereocenters. The van der Waals surface area contributed by atoms with Crippen molar-refractivity contribution in [3.05, 3.63) is 71.3 Å². The van der Waals surface area contributed by atoms with E-state index >= 15 is 0 Å². The van der Waals surface area contributed by atoms with Gasteiger partial charge in [0.25, 0.3) is 0 Å². The Hall–Kier alpha value is -2.62. The number of carbonyl (C=O) groups excluding carboxylic acids is 2. The molecule has 0 saturated carbocycles. The van der Waals surface area contributed by atoms with E-state index in [0.29, 0.717) is 19.5 Å². The molecule has 0 saturated heterocycles. The fourth-order valence-electron chi connectivity index (χ4n) is 3.40. The summed E-state index contributed by atoms with van der Waals surface area (Å²) in [7, 11) is 0. The fraction of sp³-hybridized carbons (Fsp3) is 0.364. The van der Waals surface area contributed by atoms with E-state index < -0.39 is 6.04 Å². The Bertz CT molecular complexity index is 771. The van der Waals surface area contributed by atoms with Crippen LogP contribution < -0.4 is 5.32 Å². The molecule has 0 aliphatic carbocycles. The van der Waals surface area contributed by atoms with Crippen LogP contribution >= 0.6 is 0 Å². The zero-order valence-electron chi connectivity index (χ0n) is 15.4. The Labute approximate surface area is 155 Å². The quantitative estimate of drug-likeness (QED) is 0.901. The molecule has 4 nitrogen and oxygen atoms in total. The minimum atomic E-state index is -0.489. The van der Waals surface area contributed by atoms with E-state index in [1.54, 1.807) is 0 Å². The van der Waals surface area contributed by atoms with Gasteiger partial charge in [-0.15, -0.1) is 0 Å². The van der Waals surface area contributed by atoms with Crippen molar-refractivity contribution in [2.45, 2.75) is 39.3 Å². The van der Waals surface area contributed by atoms with Crippen LogP contribution in [0.1, 0.15) is 30.5 Å². The first-order valence-corrected chi connectivity index (χ1v) is 9.23. The number of carbonyl (C=O) groups is 2. The maximum Gasteiger partial charge on any atom is 0.245 e. The standard InChI is InChI=1S/C22H26N2O2/c1-16(2)21(23-20(25)14-17-8-4-3-5-9-17)22(26)24-13-12-18-10-6-7-11-19(18)15-24/h3-11,16,21H,12-15H2,1-2H3,(H,23,25)/t21-/m0/s1. The molecule has 4 heteroatoms. The van der Waals surface area contributed by atoms with Crippen LogP contribution in [0.3, 0.4) is 0 Å². The fourth-order valence-corrected chi connectivity index (χ4v) is 3.40. The van der Waals surface area contributed by atoms with Crippen LogP contribution in [0.5, 0.6) is 0 Å². The summed E-state index contributed by atoms with van der Waals surface area (Å²) in [6, 6.07) is 17.4. The van der Waals surface area contributed by atoms with Gasteiger partial charge in [0.15, 0.2) is 0 Å². The van der Waals surface area contributed by atoms with Crippen molar-refractivity contribution in [2.24, 2.45) is 5.92 Å². The zero-order valence-corrected chi connectivity index (χ0v) is 15.4. The molecule has 1 heterocycles. The average Bonchev–Trinajstić information content (AvgIpc) is 2.65. The van der Waals surface area contributed by atoms with Crippen molar-refractivity contribution >= 4 is 11.8 Å². The SMILES string of the molecule is CC(C)[C@H](NC(=O)Cc1ccccc1)C(=O)N1CCc2ccccc2C1. The number of hydrogen-bond acceptors (Lipinski definition) is 2. The number of rotatable bonds is 5. The van der Waals surface area contributed by atoms with Crippen molar-refractivity contribution < 1.29 is 9.59 Å². The molecular weight excluding hydrogens is 324 g/mol. The van der Waals surface area contributed by atoms with E-state index in [4.69, 9.17) is 0 Å². The Morgan fingerprint density at radius 2 is 1.65 bits per heavy atom. The van der Waals surface area contributed by atoms with Gasteiger partial charge in [-0.2, -0.15) is 0 Å². The number of amides is 2. The molecule has 2 amide bonds. The molecule has 0 radical (unpaired) electrons. The first kappa shape index (κ1) is 18.2. The first-order chi connectivity index (χ1) is 12.5. The zero-order chi connectivity index (χ0) is 18.5. The summed E-state index contributed by atoms with van der Waals surface area (Å²) in [6.45, 7) is 5.27. The van der Waals surface area contributed by atoms with Gasteiger partial charge in [-0.25, -0.2) is 0 Å². The normalized spacial score (nSPS) is 14.7. The van der Waals surface area contributed by atoms with Gasteiger partial charge in [0.2, 0.25) is 11.8 Å². The molecule has 2 aromatic rings. The van der Waals surface area contributed by atoms with Crippen molar-refractivity contribution in [3.63, 3.8) is 0 Å². The Balaban J connectivity index is 1.66. The topological polar surface area (TPSA) is 49.4 Å². The molecule has 0 spiro atoms. The summed E-state index contributed by atoms with van der Waals surface area (Å²) >= 11 is 0. The lowest BCUT2D eigenvalue weighted by molar-refractivity contribution is -0.138. The van der Waals surface area contributed by atoms with Gasteiger partial charge in [-0.05, 0) is 29.0 Å². The lowest BCUT2D eigenvalue weighted by atomic mass is 9.97. The van der Waals surface area contributed by atoms with Gasteiger partial charge in [0, 0.05) is 13.1 Å². The maximum atomic E-state index is 13.0. The van der Waals surface area contributed by atoms with Crippen LogP contribution in [0.2, 0.25) is 0 Å². The van der Waals surface area contributed by atoms with Crippen LogP contribution in [0.15, 0.2) is 54.6 Å². The van der Waals surface area contributed by atoms with E-state index in [9.17, 15) is 9.59 Å². The lowest BCUT2D eigenvalue weighted by Gasteiger charge is -2.33. The van der Waals surface area contributed by atoms with Crippen molar-refractivity contribution in [1.82, 2.24) is 10.2 Å². The van der Waals surface area contributed by atoms with Gasteiger partial charge in [-0.1, -0.05) is 68.4 Å². The van der Waals surface area contributed by atoms with Crippen LogP contribution in [-0.2, 0) is 29.0 Å². The summed E-state index contributed by atoms with van der Waals surface area (Å²) in [5, 5.41) is 2.96. The second-order valence-corrected chi connectivity index (χ2v) is 7.23. The molecule has 1 atom stereocenters. The number of benzene rings is 2. The average molecular weight is 350 g/mol. The number of nitrogens with one attached hydrogen (secondary N) is 1. The highest BCUT2D eigenvalue weighted by Gasteiger charge is 2.30. The van der Waals surface area contributed by atoms with E-state index in [1.807, 2.05) is 61.2 Å². The van der Waals surface area contributed by atoms with Crippen molar-refractivity contribution in [2.75, 3.05) is 6.54 Å². The van der Waals surface area contributed by atoms with Gasteiger partial charge in [0.1, 0.15) is 6.04 Å². The second-order valence-electron chi connectivity index (χ2n) is 7.23. The molecule has 136 valence electrons. The van der Waals surface area contributed by atoms with Crippen LogP contribution in [-0.4, -0.2) is 29.3 Å². The summed E-state index contributed by atoms with van der Waals surface area (Å²) < 4.78 is 0. The molecular formula is C22H26N2O2. The second kappa shape index (κ2) is 8.17. The van der Waals surface area contributed by atoms with Gasteiger partial charge >= 0.3 is 0 Å². The molecule has 3 rings (SSSR count). The molecule has 1 N–H and O–H groups in total. The minimum absolute atomic E-state index is 0.0101. The van der Waals surface area contributed by atoms with E-state index in [1.165, 1.54) is 11.1 Å². The van der Waals surface area contributed by atoms with Gasteiger partial charge in [-0.3, -0.25) is 9.59 Å². The summed E-state index contributed by atoms with van der Waals surface area (Å²) in [5.41, 5.74) is 3.46. The van der Waals surface area contributed by atoms with Gasteiger partial charge in [0.05, 0.1) is 6.42 Å². The Kier molecular flexibility index (Phi) is 5.71. The highest BCUT2D eigenvalue weighted by molar-refractivity contribution is 5.88. The number of fused-ring (bicyclic) bond motifs is 1. The monoisotopic (exact) mass is 350 g/mol. The Morgan fingerprint density at radius 1 is 1.00 bits per heavy atom. The van der Waals surface area contributed by atoms with E-state index in [0.717, 1.165) is 12.0 Å². The molecule has 0 bridgehead atoms. The third-order valence-corrected chi connectivity index (χ3v) is 4.90. The minimum Gasteiger partial charge on any atom is -0.344 e. The van der Waals surface area contributed by atoms with Crippen molar-refractivity contribution in [1.29, 1.82) is 0 Å². The molecule has 0 aromatic heterocycles. The van der Waals surface area contributed by atoms with Gasteiger partial charge < -0.3 is 10.2 Å². The predicted molar refractivity (Wildman–Crippen MR) is 102 cm³/mol. The third-order valence-electron chi connectivity index (χ3n) is 4.90. The molecule has 26 heavy (non-hydrogen) atoms. The van der Waals surface area contributed by atoms with Crippen molar-refractivity contribution in [3.8, 4) is 0 Å². The van der Waals surface area contributed by atoms with E-state index in [2.05, 4.69) is 17.4 Å². The molecule has 1 aliphatic rings. The molecule has 2 aromatic carbocycles. The maximum absolute atomic E-state index is 13.0. The first-order valence-electron chi connectivity index (χ1n) is 9.23. The predicted octanol–water partition coefficient (Wildman–Crippen LogP) is 2.95. The van der Waals surface area contributed by atoms with E-state index in [-0.39, 0.29) is 17.7 Å². The summed E-state index contributed by atoms with van der Waals surface area (Å²) in [5.74, 6) is -0.0593. The highest BCUT2D eigenvalue weighted by Crippen LogP contribution is 2.20. The Morgan fingerprint density at radius 3 is 2.35 bits per heavy atom. The smallest absolute Gasteiger partial charge is 0.245 e. The summed E-state index contributed by atoms with van der Waals surface area (Å²) in [6.07, 6.45) is 1.16. The molecule has 1 aliphatic heterocycles. The largest absolute Gasteiger partial charge is 0.344 e. The highest BCUT2D eigenvalue weighted by atomic mass is 16.2. The third kappa shape index (κ3) is 4.31. The number of nitrogens with zero attached hydrogens (tertiary/aromatic N) is 1. The molecule has 0 fully saturated rings. The number of hydrogen-bond donors (Lipinski definition) is 1. The van der Waals surface area contributed by atoms with Crippen LogP contribution in [0, 0.1) is 5.92 Å². The van der Waals surface area contributed by atoms with Crippen LogP contribution in [0.4, 0.5) is 0 Å².